The minimum atomic E-state index is -4.58. The molecule has 0 saturated heterocycles. The average Bonchev–Trinajstić information content (AvgIpc) is 3.21. The number of hydrogen-bond donors (Lipinski definition) is 0. The molecule has 0 atom stereocenters. The molecule has 0 aliphatic heterocycles. The maximum Gasteiger partial charge on any atom is 0.418 e. The number of carbonyl (C=O) groups is 1. The van der Waals surface area contributed by atoms with Crippen molar-refractivity contribution < 1.29 is 27.1 Å². The molecule has 0 bridgehead atoms. The van der Waals surface area contributed by atoms with Crippen LogP contribution in [0.25, 0.3) is 5.69 Å². The number of carbonyl (C=O) groups excluding carboxylic acids is 1. The summed E-state index contributed by atoms with van der Waals surface area (Å²) in [4.78, 5) is 14.2. The molecule has 1 aromatic heterocycles. The van der Waals surface area contributed by atoms with Gasteiger partial charge in [0.2, 0.25) is 0 Å². The molecule has 0 aliphatic rings. The Labute approximate surface area is 169 Å². The van der Waals surface area contributed by atoms with Crippen LogP contribution in [0.1, 0.15) is 28.5 Å². The highest BCUT2D eigenvalue weighted by Gasteiger charge is 2.34. The maximum absolute atomic E-state index is 13.9. The molecule has 0 aliphatic carbocycles. The molecule has 6 nitrogen and oxygen atoms in total. The fourth-order valence-electron chi connectivity index (χ4n) is 2.91. The number of alkyl halides is 3. The molecular formula is C20H18F4N4O2. The molecule has 0 N–H and O–H groups in total. The van der Waals surface area contributed by atoms with E-state index in [1.807, 2.05) is 0 Å². The predicted molar refractivity (Wildman–Crippen MR) is 99.7 cm³/mol. The zero-order valence-corrected chi connectivity index (χ0v) is 16.2. The van der Waals surface area contributed by atoms with Crippen molar-refractivity contribution in [2.45, 2.75) is 19.6 Å². The standard InChI is InChI=1S/C20H18F4N4O2/c1-3-27(11-13-8-9-18(30-2)15(21)10-13)19(29)16-12-28(26-25-16)17-7-5-4-6-14(17)20(22,23)24/h4-10,12H,3,11H2,1-2H3. The number of halogens is 4. The highest BCUT2D eigenvalue weighted by molar-refractivity contribution is 5.92. The van der Waals surface area contributed by atoms with E-state index < -0.39 is 23.5 Å². The van der Waals surface area contributed by atoms with Gasteiger partial charge in [0.05, 0.1) is 24.6 Å². The number of hydrogen-bond acceptors (Lipinski definition) is 4. The van der Waals surface area contributed by atoms with Crippen molar-refractivity contribution in [3.63, 3.8) is 0 Å². The van der Waals surface area contributed by atoms with Gasteiger partial charge in [0.1, 0.15) is 0 Å². The zero-order valence-electron chi connectivity index (χ0n) is 16.2. The van der Waals surface area contributed by atoms with Crippen molar-refractivity contribution in [3.8, 4) is 11.4 Å². The Morgan fingerprint density at radius 2 is 1.93 bits per heavy atom. The summed E-state index contributed by atoms with van der Waals surface area (Å²) >= 11 is 0. The molecule has 3 aromatic rings. The molecule has 10 heteroatoms. The SMILES string of the molecule is CCN(Cc1ccc(OC)c(F)c1)C(=O)c1cn(-c2ccccc2C(F)(F)F)nn1. The number of methoxy groups -OCH3 is 1. The van der Waals surface area contributed by atoms with Crippen LogP contribution < -0.4 is 4.74 Å². The summed E-state index contributed by atoms with van der Waals surface area (Å²) in [6, 6.07) is 9.19. The molecule has 1 amide bonds. The van der Waals surface area contributed by atoms with Crippen molar-refractivity contribution >= 4 is 5.91 Å². The lowest BCUT2D eigenvalue weighted by molar-refractivity contribution is -0.137. The van der Waals surface area contributed by atoms with E-state index in [-0.39, 0.29) is 30.2 Å². The third kappa shape index (κ3) is 4.42. The minimum absolute atomic E-state index is 0.0828. The summed E-state index contributed by atoms with van der Waals surface area (Å²) in [5.74, 6) is -1.02. The van der Waals surface area contributed by atoms with Gasteiger partial charge in [-0.2, -0.15) is 13.2 Å². The number of para-hydroxylation sites is 1. The molecule has 30 heavy (non-hydrogen) atoms. The molecule has 158 valence electrons. The Morgan fingerprint density at radius 1 is 1.20 bits per heavy atom. The summed E-state index contributed by atoms with van der Waals surface area (Å²) < 4.78 is 59.4. The van der Waals surface area contributed by atoms with E-state index in [0.717, 1.165) is 16.9 Å². The smallest absolute Gasteiger partial charge is 0.418 e. The van der Waals surface area contributed by atoms with Crippen molar-refractivity contribution in [2.75, 3.05) is 13.7 Å². The van der Waals surface area contributed by atoms with E-state index in [1.54, 1.807) is 13.0 Å². The van der Waals surface area contributed by atoms with E-state index >= 15 is 0 Å². The summed E-state index contributed by atoms with van der Waals surface area (Å²) in [5.41, 5.74) is -0.729. The van der Waals surface area contributed by atoms with Gasteiger partial charge in [0.15, 0.2) is 17.3 Å². The summed E-state index contributed by atoms with van der Waals surface area (Å²) in [5, 5.41) is 7.42. The summed E-state index contributed by atoms with van der Waals surface area (Å²) in [6.07, 6.45) is -3.44. The van der Waals surface area contributed by atoms with Crippen LogP contribution in [-0.4, -0.2) is 39.5 Å². The fraction of sp³-hybridized carbons (Fsp3) is 0.250. The van der Waals surface area contributed by atoms with Crippen LogP contribution in [0.15, 0.2) is 48.7 Å². The maximum atomic E-state index is 13.9. The molecule has 2 aromatic carbocycles. The first-order valence-electron chi connectivity index (χ1n) is 8.95. The van der Waals surface area contributed by atoms with Gasteiger partial charge in [-0.05, 0) is 36.8 Å². The molecular weight excluding hydrogens is 404 g/mol. The van der Waals surface area contributed by atoms with Gasteiger partial charge in [0, 0.05) is 13.1 Å². The Morgan fingerprint density at radius 3 is 2.57 bits per heavy atom. The highest BCUT2D eigenvalue weighted by atomic mass is 19.4. The van der Waals surface area contributed by atoms with Crippen LogP contribution in [0.5, 0.6) is 5.75 Å². The number of aromatic nitrogens is 3. The van der Waals surface area contributed by atoms with Crippen molar-refractivity contribution in [1.82, 2.24) is 19.9 Å². The van der Waals surface area contributed by atoms with Gasteiger partial charge >= 0.3 is 6.18 Å². The number of rotatable bonds is 6. The van der Waals surface area contributed by atoms with E-state index in [1.165, 1.54) is 42.3 Å². The second kappa shape index (κ2) is 8.52. The van der Waals surface area contributed by atoms with E-state index in [4.69, 9.17) is 4.74 Å². The van der Waals surface area contributed by atoms with Crippen molar-refractivity contribution in [2.24, 2.45) is 0 Å². The third-order valence-electron chi connectivity index (χ3n) is 4.43. The van der Waals surface area contributed by atoms with Gasteiger partial charge < -0.3 is 9.64 Å². The Hall–Kier alpha value is -3.43. The Kier molecular flexibility index (Phi) is 6.04. The van der Waals surface area contributed by atoms with Crippen LogP contribution in [0.2, 0.25) is 0 Å². The van der Waals surface area contributed by atoms with Crippen molar-refractivity contribution in [1.29, 1.82) is 0 Å². The van der Waals surface area contributed by atoms with Crippen LogP contribution in [0.4, 0.5) is 17.6 Å². The Bertz CT molecular complexity index is 1050. The number of amides is 1. The van der Waals surface area contributed by atoms with Crippen molar-refractivity contribution in [3.05, 3.63) is 71.3 Å². The van der Waals surface area contributed by atoms with Crippen LogP contribution in [-0.2, 0) is 12.7 Å². The van der Waals surface area contributed by atoms with E-state index in [9.17, 15) is 22.4 Å². The van der Waals surface area contributed by atoms with Gasteiger partial charge in [-0.15, -0.1) is 5.10 Å². The lowest BCUT2D eigenvalue weighted by atomic mass is 10.1. The first-order chi connectivity index (χ1) is 14.2. The normalized spacial score (nSPS) is 11.4. The van der Waals surface area contributed by atoms with Gasteiger partial charge in [0.25, 0.3) is 5.91 Å². The Balaban J connectivity index is 1.84. The van der Waals surface area contributed by atoms with Gasteiger partial charge in [-0.1, -0.05) is 23.4 Å². The summed E-state index contributed by atoms with van der Waals surface area (Å²) in [7, 11) is 1.35. The van der Waals surface area contributed by atoms with Crippen LogP contribution in [0.3, 0.4) is 0 Å². The second-order valence-corrected chi connectivity index (χ2v) is 6.35. The molecule has 0 radical (unpaired) electrons. The number of ether oxygens (including phenoxy) is 1. The molecule has 0 spiro atoms. The van der Waals surface area contributed by atoms with E-state index in [0.29, 0.717) is 5.56 Å². The topological polar surface area (TPSA) is 60.2 Å². The quantitative estimate of drug-likeness (QED) is 0.562. The first-order valence-corrected chi connectivity index (χ1v) is 8.95. The number of benzene rings is 2. The highest BCUT2D eigenvalue weighted by Crippen LogP contribution is 2.33. The van der Waals surface area contributed by atoms with Crippen LogP contribution >= 0.6 is 0 Å². The van der Waals surface area contributed by atoms with E-state index in [2.05, 4.69) is 10.3 Å². The predicted octanol–water partition coefficient (Wildman–Crippen LogP) is 4.10. The van der Waals surface area contributed by atoms with Gasteiger partial charge in [-0.25, -0.2) is 9.07 Å². The minimum Gasteiger partial charge on any atom is -0.494 e. The zero-order chi connectivity index (χ0) is 21.9. The van der Waals surface area contributed by atoms with Crippen LogP contribution in [0, 0.1) is 5.82 Å². The average molecular weight is 422 g/mol. The third-order valence-corrected chi connectivity index (χ3v) is 4.43. The summed E-state index contributed by atoms with van der Waals surface area (Å²) in [6.45, 7) is 2.09. The van der Waals surface area contributed by atoms with Gasteiger partial charge in [-0.3, -0.25) is 4.79 Å². The molecule has 1 heterocycles. The lowest BCUT2D eigenvalue weighted by Crippen LogP contribution is -2.30. The molecule has 3 rings (SSSR count). The lowest BCUT2D eigenvalue weighted by Gasteiger charge is -2.20. The monoisotopic (exact) mass is 422 g/mol. The molecule has 0 unspecified atom stereocenters. The second-order valence-electron chi connectivity index (χ2n) is 6.35. The largest absolute Gasteiger partial charge is 0.494 e. The fourth-order valence-corrected chi connectivity index (χ4v) is 2.91. The number of nitrogens with zero attached hydrogens (tertiary/aromatic N) is 4. The molecule has 0 fully saturated rings. The first kappa shape index (κ1) is 21.3. The molecule has 0 saturated carbocycles.